The number of para-hydroxylation sites is 1. The predicted molar refractivity (Wildman–Crippen MR) is 119 cm³/mol. The maximum absolute atomic E-state index is 13.0. The van der Waals surface area contributed by atoms with E-state index in [2.05, 4.69) is 27.2 Å². The lowest BCUT2D eigenvalue weighted by atomic mass is 9.95. The molecule has 2 aliphatic rings. The Morgan fingerprint density at radius 1 is 0.871 bits per heavy atom. The summed E-state index contributed by atoms with van der Waals surface area (Å²) >= 11 is 0. The van der Waals surface area contributed by atoms with Crippen LogP contribution in [0.15, 0.2) is 54.6 Å². The molecule has 2 heterocycles. The first-order valence-corrected chi connectivity index (χ1v) is 10.9. The molecule has 2 aromatic carbocycles. The van der Waals surface area contributed by atoms with Crippen LogP contribution in [0.3, 0.4) is 0 Å². The maximum atomic E-state index is 13.0. The summed E-state index contributed by atoms with van der Waals surface area (Å²) in [6.07, 6.45) is 1.56. The Labute approximate surface area is 182 Å². The van der Waals surface area contributed by atoms with E-state index in [1.165, 1.54) is 17.8 Å². The third kappa shape index (κ3) is 5.61. The van der Waals surface area contributed by atoms with Gasteiger partial charge in [0.1, 0.15) is 5.82 Å². The van der Waals surface area contributed by atoms with Crippen LogP contribution >= 0.6 is 0 Å². The molecule has 6 nitrogen and oxygen atoms in total. The number of nitrogens with zero attached hydrogens (tertiary/aromatic N) is 3. The summed E-state index contributed by atoms with van der Waals surface area (Å²) in [6.45, 7) is 4.99. The minimum absolute atomic E-state index is 0.0414. The molecule has 0 aromatic heterocycles. The van der Waals surface area contributed by atoms with Crippen molar-refractivity contribution in [3.05, 3.63) is 60.4 Å². The van der Waals surface area contributed by atoms with Crippen molar-refractivity contribution >= 4 is 23.2 Å². The van der Waals surface area contributed by atoms with Gasteiger partial charge in [-0.15, -0.1) is 0 Å². The number of anilines is 2. The molecule has 0 saturated carbocycles. The van der Waals surface area contributed by atoms with Crippen molar-refractivity contribution in [3.8, 4) is 0 Å². The number of hydrogen-bond donors (Lipinski definition) is 1. The Kier molecular flexibility index (Phi) is 6.82. The van der Waals surface area contributed by atoms with Gasteiger partial charge in [-0.05, 0) is 62.3 Å². The summed E-state index contributed by atoms with van der Waals surface area (Å²) in [7, 11) is 0. The van der Waals surface area contributed by atoms with E-state index < -0.39 is 0 Å². The minimum atomic E-state index is -0.328. The second-order valence-electron chi connectivity index (χ2n) is 8.25. The SMILES string of the molecule is O=C(CN1CCC(C(=O)N2CCN(c3ccccc3)CC2)CC1)Nc1ccc(F)cc1. The number of rotatable bonds is 5. The van der Waals surface area contributed by atoms with Crippen LogP contribution in [-0.2, 0) is 9.59 Å². The summed E-state index contributed by atoms with van der Waals surface area (Å²) in [5.41, 5.74) is 1.80. The van der Waals surface area contributed by atoms with Crippen LogP contribution in [0.1, 0.15) is 12.8 Å². The first kappa shape index (κ1) is 21.3. The Hall–Kier alpha value is -2.93. The number of halogens is 1. The van der Waals surface area contributed by atoms with E-state index in [-0.39, 0.29) is 30.1 Å². The molecule has 7 heteroatoms. The number of piperazine rings is 1. The van der Waals surface area contributed by atoms with Crippen LogP contribution in [0.25, 0.3) is 0 Å². The molecule has 2 amide bonds. The van der Waals surface area contributed by atoms with Crippen LogP contribution in [0.5, 0.6) is 0 Å². The van der Waals surface area contributed by atoms with Crippen molar-refractivity contribution in [1.29, 1.82) is 0 Å². The summed E-state index contributed by atoms with van der Waals surface area (Å²) in [4.78, 5) is 31.6. The average Bonchev–Trinajstić information content (AvgIpc) is 2.81. The summed E-state index contributed by atoms with van der Waals surface area (Å²) in [5, 5.41) is 2.79. The highest BCUT2D eigenvalue weighted by molar-refractivity contribution is 5.92. The fourth-order valence-corrected chi connectivity index (χ4v) is 4.36. The highest BCUT2D eigenvalue weighted by Gasteiger charge is 2.30. The summed E-state index contributed by atoms with van der Waals surface area (Å²) in [6, 6.07) is 16.1. The molecule has 0 bridgehead atoms. The van der Waals surface area contributed by atoms with Crippen LogP contribution < -0.4 is 10.2 Å². The van der Waals surface area contributed by atoms with E-state index in [1.807, 2.05) is 23.1 Å². The van der Waals surface area contributed by atoms with Gasteiger partial charge in [0.15, 0.2) is 0 Å². The van der Waals surface area contributed by atoms with Crippen LogP contribution in [0.4, 0.5) is 15.8 Å². The molecular weight excluding hydrogens is 395 g/mol. The second kappa shape index (κ2) is 9.92. The number of carbonyl (C=O) groups excluding carboxylic acids is 2. The average molecular weight is 425 g/mol. The quantitative estimate of drug-likeness (QED) is 0.802. The van der Waals surface area contributed by atoms with Gasteiger partial charge >= 0.3 is 0 Å². The standard InChI is InChI=1S/C24H29FN4O2/c25-20-6-8-21(9-7-20)26-23(30)18-27-12-10-19(11-13-27)24(31)29-16-14-28(15-17-29)22-4-2-1-3-5-22/h1-9,19H,10-18H2,(H,26,30). The monoisotopic (exact) mass is 424 g/mol. The zero-order valence-electron chi connectivity index (χ0n) is 17.7. The normalized spacial score (nSPS) is 18.1. The fraction of sp³-hybridized carbons (Fsp3) is 0.417. The van der Waals surface area contributed by atoms with Crippen molar-refractivity contribution in [2.24, 2.45) is 5.92 Å². The van der Waals surface area contributed by atoms with E-state index in [0.29, 0.717) is 5.69 Å². The van der Waals surface area contributed by atoms with Gasteiger partial charge in [0.05, 0.1) is 6.54 Å². The van der Waals surface area contributed by atoms with Gasteiger partial charge in [0.2, 0.25) is 11.8 Å². The Morgan fingerprint density at radius 2 is 1.52 bits per heavy atom. The molecule has 0 spiro atoms. The molecule has 4 rings (SSSR count). The number of carbonyl (C=O) groups is 2. The Morgan fingerprint density at radius 3 is 2.16 bits per heavy atom. The van der Waals surface area contributed by atoms with Gasteiger partial charge in [-0.25, -0.2) is 4.39 Å². The largest absolute Gasteiger partial charge is 0.368 e. The van der Waals surface area contributed by atoms with Crippen LogP contribution in [0.2, 0.25) is 0 Å². The van der Waals surface area contributed by atoms with Gasteiger partial charge in [-0.2, -0.15) is 0 Å². The topological polar surface area (TPSA) is 55.9 Å². The molecular formula is C24H29FN4O2. The zero-order chi connectivity index (χ0) is 21.6. The maximum Gasteiger partial charge on any atom is 0.238 e. The number of piperidine rings is 1. The predicted octanol–water partition coefficient (Wildman–Crippen LogP) is 2.83. The second-order valence-corrected chi connectivity index (χ2v) is 8.25. The van der Waals surface area contributed by atoms with E-state index >= 15 is 0 Å². The van der Waals surface area contributed by atoms with Gasteiger partial charge in [0, 0.05) is 43.5 Å². The van der Waals surface area contributed by atoms with Gasteiger partial charge < -0.3 is 15.1 Å². The molecule has 0 radical (unpaired) electrons. The van der Waals surface area contributed by atoms with Crippen molar-refractivity contribution < 1.29 is 14.0 Å². The Bertz CT molecular complexity index is 874. The van der Waals surface area contributed by atoms with E-state index in [4.69, 9.17) is 0 Å². The molecule has 0 aliphatic carbocycles. The first-order chi connectivity index (χ1) is 15.1. The number of likely N-dealkylation sites (tertiary alicyclic amines) is 1. The smallest absolute Gasteiger partial charge is 0.238 e. The zero-order valence-corrected chi connectivity index (χ0v) is 17.7. The van der Waals surface area contributed by atoms with E-state index in [1.54, 1.807) is 12.1 Å². The van der Waals surface area contributed by atoms with Gasteiger partial charge in [-0.3, -0.25) is 14.5 Å². The molecule has 2 saturated heterocycles. The number of benzene rings is 2. The fourth-order valence-electron chi connectivity index (χ4n) is 4.36. The Balaban J connectivity index is 1.19. The summed E-state index contributed by atoms with van der Waals surface area (Å²) in [5.74, 6) is -0.151. The third-order valence-corrected chi connectivity index (χ3v) is 6.14. The lowest BCUT2D eigenvalue weighted by Gasteiger charge is -2.39. The molecule has 2 fully saturated rings. The molecule has 0 unspecified atom stereocenters. The molecule has 31 heavy (non-hydrogen) atoms. The third-order valence-electron chi connectivity index (χ3n) is 6.14. The first-order valence-electron chi connectivity index (χ1n) is 10.9. The van der Waals surface area contributed by atoms with Crippen LogP contribution in [-0.4, -0.2) is 67.4 Å². The molecule has 0 atom stereocenters. The lowest BCUT2D eigenvalue weighted by Crippen LogP contribution is -2.52. The van der Waals surface area contributed by atoms with Crippen molar-refractivity contribution in [1.82, 2.24) is 9.80 Å². The molecule has 1 N–H and O–H groups in total. The highest BCUT2D eigenvalue weighted by atomic mass is 19.1. The summed E-state index contributed by atoms with van der Waals surface area (Å²) < 4.78 is 13.0. The van der Waals surface area contributed by atoms with Crippen molar-refractivity contribution in [3.63, 3.8) is 0 Å². The number of nitrogens with one attached hydrogen (secondary N) is 1. The molecule has 2 aromatic rings. The van der Waals surface area contributed by atoms with E-state index in [9.17, 15) is 14.0 Å². The number of hydrogen-bond acceptors (Lipinski definition) is 4. The van der Waals surface area contributed by atoms with Crippen molar-refractivity contribution in [2.75, 3.05) is 56.0 Å². The van der Waals surface area contributed by atoms with Gasteiger partial charge in [0.25, 0.3) is 0 Å². The van der Waals surface area contributed by atoms with E-state index in [0.717, 1.165) is 52.1 Å². The van der Waals surface area contributed by atoms with Crippen molar-refractivity contribution in [2.45, 2.75) is 12.8 Å². The molecule has 164 valence electrons. The molecule has 2 aliphatic heterocycles. The highest BCUT2D eigenvalue weighted by Crippen LogP contribution is 2.22. The minimum Gasteiger partial charge on any atom is -0.368 e. The van der Waals surface area contributed by atoms with Crippen LogP contribution in [0, 0.1) is 11.7 Å². The number of amides is 2. The van der Waals surface area contributed by atoms with Gasteiger partial charge in [-0.1, -0.05) is 18.2 Å². The lowest BCUT2D eigenvalue weighted by molar-refractivity contribution is -0.137.